The predicted molar refractivity (Wildman–Crippen MR) is 73.4 cm³/mol. The van der Waals surface area contributed by atoms with E-state index in [1.54, 1.807) is 0 Å². The molecule has 2 rings (SSSR count). The highest BCUT2D eigenvalue weighted by molar-refractivity contribution is 9.10. The summed E-state index contributed by atoms with van der Waals surface area (Å²) in [6.45, 7) is 2.46. The summed E-state index contributed by atoms with van der Waals surface area (Å²) in [7, 11) is 2.20. The van der Waals surface area contributed by atoms with E-state index in [9.17, 15) is 0 Å². The zero-order valence-electron chi connectivity index (χ0n) is 9.70. The van der Waals surface area contributed by atoms with E-state index in [-0.39, 0.29) is 0 Å². The van der Waals surface area contributed by atoms with Gasteiger partial charge < -0.3 is 4.90 Å². The first-order valence-corrected chi connectivity index (χ1v) is 6.65. The van der Waals surface area contributed by atoms with Gasteiger partial charge in [0, 0.05) is 4.47 Å². The lowest BCUT2D eigenvalue weighted by Crippen LogP contribution is -2.29. The minimum Gasteiger partial charge on any atom is -0.306 e. The second-order valence-corrected chi connectivity index (χ2v) is 5.47. The fourth-order valence-corrected chi connectivity index (χ4v) is 2.31. The van der Waals surface area contributed by atoms with Crippen molar-refractivity contribution in [2.75, 3.05) is 20.1 Å². The number of likely N-dealkylation sites (tertiary alicyclic amines) is 1. The van der Waals surface area contributed by atoms with E-state index >= 15 is 0 Å². The number of benzene rings is 1. The van der Waals surface area contributed by atoms with Crippen LogP contribution < -0.4 is 0 Å². The summed E-state index contributed by atoms with van der Waals surface area (Å²) in [5.41, 5.74) is 1.29. The van der Waals surface area contributed by atoms with Crippen molar-refractivity contribution < 1.29 is 0 Å². The lowest BCUT2D eigenvalue weighted by molar-refractivity contribution is 0.244. The van der Waals surface area contributed by atoms with Gasteiger partial charge in [0.15, 0.2) is 0 Å². The van der Waals surface area contributed by atoms with E-state index in [1.165, 1.54) is 31.5 Å². The molecule has 1 aliphatic heterocycles. The van der Waals surface area contributed by atoms with E-state index in [4.69, 9.17) is 0 Å². The Bertz CT molecular complexity index is 348. The molecule has 0 aromatic heterocycles. The lowest BCUT2D eigenvalue weighted by Gasteiger charge is -2.26. The van der Waals surface area contributed by atoms with Gasteiger partial charge in [-0.1, -0.05) is 40.2 Å². The summed E-state index contributed by atoms with van der Waals surface area (Å²) in [6.07, 6.45) is 7.21. The zero-order valence-corrected chi connectivity index (χ0v) is 11.3. The minimum atomic E-state index is 0.764. The van der Waals surface area contributed by atoms with Crippen LogP contribution in [0.5, 0.6) is 0 Å². The molecule has 0 bridgehead atoms. The standard InChI is InChI=1S/C14H18BrN/c1-16-10-8-13(9-11-16)3-2-12-4-6-14(15)7-5-12/h2-7,13H,8-11H2,1H3. The van der Waals surface area contributed by atoms with E-state index in [2.05, 4.69) is 64.3 Å². The van der Waals surface area contributed by atoms with Crippen molar-refractivity contribution in [2.45, 2.75) is 12.8 Å². The van der Waals surface area contributed by atoms with Gasteiger partial charge in [0.1, 0.15) is 0 Å². The average Bonchev–Trinajstić information content (AvgIpc) is 2.30. The Labute approximate surface area is 106 Å². The topological polar surface area (TPSA) is 3.24 Å². The normalized spacial score (nSPS) is 19.4. The summed E-state index contributed by atoms with van der Waals surface area (Å²) in [6, 6.07) is 8.48. The van der Waals surface area contributed by atoms with Crippen molar-refractivity contribution in [2.24, 2.45) is 5.92 Å². The summed E-state index contributed by atoms with van der Waals surface area (Å²) in [5.74, 6) is 0.764. The van der Waals surface area contributed by atoms with Crippen LogP contribution in [0.3, 0.4) is 0 Å². The summed E-state index contributed by atoms with van der Waals surface area (Å²) >= 11 is 3.45. The number of nitrogens with zero attached hydrogens (tertiary/aromatic N) is 1. The summed E-state index contributed by atoms with van der Waals surface area (Å²) < 4.78 is 1.14. The van der Waals surface area contributed by atoms with Crippen molar-refractivity contribution >= 4 is 22.0 Å². The molecule has 86 valence electrons. The number of allylic oxidation sites excluding steroid dienone is 1. The van der Waals surface area contributed by atoms with Crippen molar-refractivity contribution in [3.05, 3.63) is 40.4 Å². The smallest absolute Gasteiger partial charge is 0.0175 e. The fourth-order valence-electron chi connectivity index (χ4n) is 2.04. The van der Waals surface area contributed by atoms with Crippen LogP contribution >= 0.6 is 15.9 Å². The van der Waals surface area contributed by atoms with E-state index in [0.29, 0.717) is 0 Å². The largest absolute Gasteiger partial charge is 0.306 e. The monoisotopic (exact) mass is 279 g/mol. The molecule has 1 aromatic carbocycles. The number of halogens is 1. The Hall–Kier alpha value is -0.600. The van der Waals surface area contributed by atoms with Crippen LogP contribution in [0.1, 0.15) is 18.4 Å². The first kappa shape index (κ1) is 11.9. The van der Waals surface area contributed by atoms with Crippen LogP contribution in [-0.2, 0) is 0 Å². The maximum atomic E-state index is 3.45. The minimum absolute atomic E-state index is 0.764. The molecule has 1 saturated heterocycles. The molecule has 1 aliphatic rings. The average molecular weight is 280 g/mol. The van der Waals surface area contributed by atoms with Crippen molar-refractivity contribution in [3.8, 4) is 0 Å². The highest BCUT2D eigenvalue weighted by Gasteiger charge is 2.13. The lowest BCUT2D eigenvalue weighted by atomic mass is 9.96. The fraction of sp³-hybridized carbons (Fsp3) is 0.429. The summed E-state index contributed by atoms with van der Waals surface area (Å²) in [5, 5.41) is 0. The molecule has 0 saturated carbocycles. The van der Waals surface area contributed by atoms with Crippen LogP contribution in [0.25, 0.3) is 6.08 Å². The Kier molecular flexibility index (Phi) is 4.19. The number of rotatable bonds is 2. The maximum Gasteiger partial charge on any atom is 0.0175 e. The number of hydrogen-bond donors (Lipinski definition) is 0. The van der Waals surface area contributed by atoms with E-state index in [1.807, 2.05) is 0 Å². The molecule has 0 amide bonds. The Morgan fingerprint density at radius 3 is 2.44 bits per heavy atom. The van der Waals surface area contributed by atoms with Crippen LogP contribution in [0, 0.1) is 5.92 Å². The Morgan fingerprint density at radius 2 is 1.81 bits per heavy atom. The highest BCUT2D eigenvalue weighted by Crippen LogP contribution is 2.19. The molecular weight excluding hydrogens is 262 g/mol. The molecule has 0 radical (unpaired) electrons. The van der Waals surface area contributed by atoms with Gasteiger partial charge in [0.25, 0.3) is 0 Å². The molecule has 1 aromatic rings. The molecule has 0 aliphatic carbocycles. The van der Waals surface area contributed by atoms with Gasteiger partial charge in [-0.05, 0) is 56.6 Å². The quantitative estimate of drug-likeness (QED) is 0.796. The van der Waals surface area contributed by atoms with Crippen molar-refractivity contribution in [1.82, 2.24) is 4.90 Å². The van der Waals surface area contributed by atoms with Gasteiger partial charge in [-0.3, -0.25) is 0 Å². The predicted octanol–water partition coefficient (Wildman–Crippen LogP) is 3.80. The molecule has 2 heteroatoms. The van der Waals surface area contributed by atoms with Crippen LogP contribution in [0.4, 0.5) is 0 Å². The van der Waals surface area contributed by atoms with Gasteiger partial charge >= 0.3 is 0 Å². The van der Waals surface area contributed by atoms with Gasteiger partial charge in [-0.2, -0.15) is 0 Å². The molecule has 1 fully saturated rings. The second kappa shape index (κ2) is 5.65. The molecular formula is C14H18BrN. The third kappa shape index (κ3) is 3.46. The molecule has 0 N–H and O–H groups in total. The van der Waals surface area contributed by atoms with E-state index < -0.39 is 0 Å². The Morgan fingerprint density at radius 1 is 1.19 bits per heavy atom. The molecule has 0 atom stereocenters. The number of hydrogen-bond acceptors (Lipinski definition) is 1. The Balaban J connectivity index is 1.91. The van der Waals surface area contributed by atoms with Gasteiger partial charge in [0.05, 0.1) is 0 Å². The first-order valence-electron chi connectivity index (χ1n) is 5.86. The molecule has 1 heterocycles. The summed E-state index contributed by atoms with van der Waals surface area (Å²) in [4.78, 5) is 2.41. The second-order valence-electron chi connectivity index (χ2n) is 4.55. The van der Waals surface area contributed by atoms with Crippen LogP contribution in [-0.4, -0.2) is 25.0 Å². The van der Waals surface area contributed by atoms with Crippen LogP contribution in [0.15, 0.2) is 34.8 Å². The number of piperidine rings is 1. The molecule has 1 nitrogen and oxygen atoms in total. The molecule has 16 heavy (non-hydrogen) atoms. The third-order valence-corrected chi connectivity index (χ3v) is 3.72. The zero-order chi connectivity index (χ0) is 11.4. The highest BCUT2D eigenvalue weighted by atomic mass is 79.9. The SMILES string of the molecule is CN1CCC(C=Cc2ccc(Br)cc2)CC1. The van der Waals surface area contributed by atoms with Crippen molar-refractivity contribution in [3.63, 3.8) is 0 Å². The molecule has 0 spiro atoms. The maximum absolute atomic E-state index is 3.45. The van der Waals surface area contributed by atoms with Gasteiger partial charge in [-0.25, -0.2) is 0 Å². The first-order chi connectivity index (χ1) is 7.74. The van der Waals surface area contributed by atoms with Crippen molar-refractivity contribution in [1.29, 1.82) is 0 Å². The van der Waals surface area contributed by atoms with Gasteiger partial charge in [0.2, 0.25) is 0 Å². The van der Waals surface area contributed by atoms with Crippen LogP contribution in [0.2, 0.25) is 0 Å². The van der Waals surface area contributed by atoms with E-state index in [0.717, 1.165) is 10.4 Å². The third-order valence-electron chi connectivity index (χ3n) is 3.19. The van der Waals surface area contributed by atoms with Gasteiger partial charge in [-0.15, -0.1) is 0 Å². The molecule has 0 unspecified atom stereocenters.